The fourth-order valence-corrected chi connectivity index (χ4v) is 0.812. The van der Waals surface area contributed by atoms with Crippen molar-refractivity contribution in [1.82, 2.24) is 0 Å². The summed E-state index contributed by atoms with van der Waals surface area (Å²) in [5, 5.41) is 0. The SMILES string of the molecule is C=C(C)/C(C)=C(\C)CC=CC. The molecule has 0 aliphatic heterocycles. The number of rotatable bonds is 3. The summed E-state index contributed by atoms with van der Waals surface area (Å²) in [6.07, 6.45) is 5.30. The molecule has 11 heavy (non-hydrogen) atoms. The van der Waals surface area contributed by atoms with Crippen molar-refractivity contribution in [3.05, 3.63) is 35.5 Å². The van der Waals surface area contributed by atoms with E-state index < -0.39 is 0 Å². The van der Waals surface area contributed by atoms with Gasteiger partial charge in [-0.25, -0.2) is 0 Å². The van der Waals surface area contributed by atoms with E-state index >= 15 is 0 Å². The maximum Gasteiger partial charge on any atom is -0.0136 e. The zero-order valence-corrected chi connectivity index (χ0v) is 8.07. The van der Waals surface area contributed by atoms with Crippen LogP contribution < -0.4 is 0 Å². The normalized spacial score (nSPS) is 13.5. The lowest BCUT2D eigenvalue weighted by molar-refractivity contribution is 1.13. The van der Waals surface area contributed by atoms with E-state index in [0.29, 0.717) is 0 Å². The summed E-state index contributed by atoms with van der Waals surface area (Å²) in [6.45, 7) is 12.3. The summed E-state index contributed by atoms with van der Waals surface area (Å²) in [5.41, 5.74) is 3.92. The van der Waals surface area contributed by atoms with Gasteiger partial charge in [-0.05, 0) is 39.7 Å². The van der Waals surface area contributed by atoms with Crippen molar-refractivity contribution in [3.63, 3.8) is 0 Å². The van der Waals surface area contributed by atoms with E-state index in [1.807, 2.05) is 6.92 Å². The summed E-state index contributed by atoms with van der Waals surface area (Å²) in [5.74, 6) is 0. The Morgan fingerprint density at radius 2 is 1.82 bits per heavy atom. The highest BCUT2D eigenvalue weighted by atomic mass is 14.0. The Morgan fingerprint density at radius 3 is 2.18 bits per heavy atom. The van der Waals surface area contributed by atoms with Crippen LogP contribution in [-0.4, -0.2) is 0 Å². The van der Waals surface area contributed by atoms with Gasteiger partial charge in [-0.3, -0.25) is 0 Å². The van der Waals surface area contributed by atoms with E-state index in [-0.39, 0.29) is 0 Å². The van der Waals surface area contributed by atoms with Crippen LogP contribution in [0.1, 0.15) is 34.1 Å². The zero-order valence-electron chi connectivity index (χ0n) is 8.07. The van der Waals surface area contributed by atoms with Crippen molar-refractivity contribution < 1.29 is 0 Å². The van der Waals surface area contributed by atoms with Crippen LogP contribution in [0.25, 0.3) is 0 Å². The Morgan fingerprint density at radius 1 is 1.27 bits per heavy atom. The average molecular weight is 150 g/mol. The first kappa shape index (κ1) is 10.2. The van der Waals surface area contributed by atoms with Crippen molar-refractivity contribution in [2.75, 3.05) is 0 Å². The van der Waals surface area contributed by atoms with E-state index in [0.717, 1.165) is 6.42 Å². The molecule has 0 aromatic heterocycles. The van der Waals surface area contributed by atoms with Crippen LogP contribution in [-0.2, 0) is 0 Å². The minimum absolute atomic E-state index is 1.05. The summed E-state index contributed by atoms with van der Waals surface area (Å²) in [7, 11) is 0. The van der Waals surface area contributed by atoms with Crippen LogP contribution in [0.4, 0.5) is 0 Å². The fourth-order valence-electron chi connectivity index (χ4n) is 0.812. The lowest BCUT2D eigenvalue weighted by Crippen LogP contribution is -1.83. The predicted octanol–water partition coefficient (Wildman–Crippen LogP) is 3.87. The lowest BCUT2D eigenvalue weighted by atomic mass is 10.0. The molecule has 0 N–H and O–H groups in total. The molecule has 0 heterocycles. The van der Waals surface area contributed by atoms with Gasteiger partial charge in [-0.15, -0.1) is 0 Å². The summed E-state index contributed by atoms with van der Waals surface area (Å²) in [4.78, 5) is 0. The molecule has 0 unspecified atom stereocenters. The molecule has 0 amide bonds. The van der Waals surface area contributed by atoms with Crippen LogP contribution in [0.5, 0.6) is 0 Å². The van der Waals surface area contributed by atoms with Gasteiger partial charge in [0, 0.05) is 0 Å². The van der Waals surface area contributed by atoms with Crippen molar-refractivity contribution in [2.45, 2.75) is 34.1 Å². The third kappa shape index (κ3) is 3.82. The van der Waals surface area contributed by atoms with Crippen LogP contribution >= 0.6 is 0 Å². The second-order valence-corrected chi connectivity index (χ2v) is 2.96. The molecule has 0 aliphatic rings. The molecule has 0 fully saturated rings. The van der Waals surface area contributed by atoms with Gasteiger partial charge < -0.3 is 0 Å². The van der Waals surface area contributed by atoms with Crippen molar-refractivity contribution in [3.8, 4) is 0 Å². The fraction of sp³-hybridized carbons (Fsp3) is 0.455. The Kier molecular flexibility index (Phi) is 4.60. The van der Waals surface area contributed by atoms with Crippen LogP contribution in [0.15, 0.2) is 35.5 Å². The van der Waals surface area contributed by atoms with Gasteiger partial charge in [-0.2, -0.15) is 0 Å². The number of hydrogen-bond donors (Lipinski definition) is 0. The van der Waals surface area contributed by atoms with Crippen molar-refractivity contribution in [1.29, 1.82) is 0 Å². The Balaban J connectivity index is 4.28. The molecule has 0 aromatic rings. The maximum atomic E-state index is 3.90. The summed E-state index contributed by atoms with van der Waals surface area (Å²) < 4.78 is 0. The lowest BCUT2D eigenvalue weighted by Gasteiger charge is -2.03. The van der Waals surface area contributed by atoms with Gasteiger partial charge >= 0.3 is 0 Å². The first-order valence-electron chi connectivity index (χ1n) is 4.03. The van der Waals surface area contributed by atoms with Gasteiger partial charge in [0.2, 0.25) is 0 Å². The minimum Gasteiger partial charge on any atom is -0.0959 e. The van der Waals surface area contributed by atoms with Gasteiger partial charge in [0.05, 0.1) is 0 Å². The highest BCUT2D eigenvalue weighted by Crippen LogP contribution is 2.14. The molecule has 0 heteroatoms. The molecule has 0 bridgehead atoms. The smallest absolute Gasteiger partial charge is 0.0136 e. The molecular weight excluding hydrogens is 132 g/mol. The zero-order chi connectivity index (χ0) is 8.85. The molecule has 0 spiro atoms. The molecule has 0 rings (SSSR count). The summed E-state index contributed by atoms with van der Waals surface area (Å²) in [6, 6.07) is 0. The standard InChI is InChI=1S/C11H18/c1-6-7-8-10(4)11(5)9(2)3/h6-7H,2,8H2,1,3-5H3/b7-6?,11-10+. The van der Waals surface area contributed by atoms with E-state index in [9.17, 15) is 0 Å². The van der Waals surface area contributed by atoms with Gasteiger partial charge in [0.15, 0.2) is 0 Å². The highest BCUT2D eigenvalue weighted by Gasteiger charge is 1.94. The van der Waals surface area contributed by atoms with Crippen LogP contribution in [0.3, 0.4) is 0 Å². The molecule has 62 valence electrons. The Labute approximate surface area is 70.3 Å². The molecule has 0 atom stereocenters. The first-order chi connectivity index (χ1) is 5.09. The van der Waals surface area contributed by atoms with E-state index in [1.165, 1.54) is 16.7 Å². The maximum absolute atomic E-state index is 3.90. The second-order valence-electron chi connectivity index (χ2n) is 2.96. The molecule has 0 aliphatic carbocycles. The van der Waals surface area contributed by atoms with E-state index in [1.54, 1.807) is 0 Å². The highest BCUT2D eigenvalue weighted by molar-refractivity contribution is 5.29. The van der Waals surface area contributed by atoms with Crippen molar-refractivity contribution in [2.24, 2.45) is 0 Å². The van der Waals surface area contributed by atoms with Crippen LogP contribution in [0.2, 0.25) is 0 Å². The largest absolute Gasteiger partial charge is 0.0959 e. The molecular formula is C11H18. The Hall–Kier alpha value is -0.780. The molecule has 0 nitrogen and oxygen atoms in total. The van der Waals surface area contributed by atoms with E-state index in [4.69, 9.17) is 0 Å². The monoisotopic (exact) mass is 150 g/mol. The van der Waals surface area contributed by atoms with Gasteiger partial charge in [0.25, 0.3) is 0 Å². The van der Waals surface area contributed by atoms with Crippen molar-refractivity contribution >= 4 is 0 Å². The quantitative estimate of drug-likeness (QED) is 0.423. The minimum atomic E-state index is 1.05. The average Bonchev–Trinajstić information content (AvgIpc) is 1.98. The van der Waals surface area contributed by atoms with Crippen LogP contribution in [0, 0.1) is 0 Å². The number of allylic oxidation sites excluding steroid dienone is 5. The molecule has 0 saturated heterocycles. The van der Waals surface area contributed by atoms with E-state index in [2.05, 4.69) is 39.5 Å². The topological polar surface area (TPSA) is 0 Å². The van der Waals surface area contributed by atoms with Gasteiger partial charge in [0.1, 0.15) is 0 Å². The molecule has 0 aromatic carbocycles. The third-order valence-corrected chi connectivity index (χ3v) is 1.94. The predicted molar refractivity (Wildman–Crippen MR) is 52.6 cm³/mol. The molecule has 0 saturated carbocycles. The third-order valence-electron chi connectivity index (χ3n) is 1.94. The number of hydrogen-bond acceptors (Lipinski definition) is 0. The first-order valence-corrected chi connectivity index (χ1v) is 4.03. The molecule has 0 radical (unpaired) electrons. The summed E-state index contributed by atoms with van der Waals surface area (Å²) >= 11 is 0. The second kappa shape index (κ2) is 4.95. The van der Waals surface area contributed by atoms with Gasteiger partial charge in [-0.1, -0.05) is 29.9 Å². The Bertz CT molecular complexity index is 192.